The third-order valence-corrected chi connectivity index (χ3v) is 2.41. The Morgan fingerprint density at radius 2 is 2.08 bits per heavy atom. The van der Waals surface area contributed by atoms with Gasteiger partial charge in [-0.25, -0.2) is 13.1 Å². The fourth-order valence-electron chi connectivity index (χ4n) is 0.509. The lowest BCUT2D eigenvalue weighted by molar-refractivity contribution is 0.197. The first-order valence-corrected chi connectivity index (χ1v) is 5.28. The number of nitrogens with one attached hydrogen (secondary N) is 1. The zero-order valence-corrected chi connectivity index (χ0v) is 8.41. The van der Waals surface area contributed by atoms with E-state index in [9.17, 15) is 17.2 Å². The lowest BCUT2D eigenvalue weighted by atomic mass is 10.5. The summed E-state index contributed by atoms with van der Waals surface area (Å²) in [6.07, 6.45) is 0. The fourth-order valence-corrected chi connectivity index (χ4v) is 1.36. The number of rotatable bonds is 6. The molecule has 8 heteroatoms. The van der Waals surface area contributed by atoms with Gasteiger partial charge in [0.1, 0.15) is 0 Å². The lowest BCUT2D eigenvalue weighted by Crippen LogP contribution is -2.35. The Morgan fingerprint density at radius 1 is 1.54 bits per heavy atom. The lowest BCUT2D eigenvalue weighted by Gasteiger charge is -2.09. The largest absolute Gasteiger partial charge is 0.383 e. The van der Waals surface area contributed by atoms with Gasteiger partial charge in [0.25, 0.3) is 10.0 Å². The molecule has 0 spiro atoms. The van der Waals surface area contributed by atoms with E-state index in [1.54, 1.807) is 4.72 Å². The highest BCUT2D eigenvalue weighted by Crippen LogP contribution is 2.03. The van der Waals surface area contributed by atoms with Gasteiger partial charge in [-0.3, -0.25) is 0 Å². The summed E-state index contributed by atoms with van der Waals surface area (Å²) in [6.45, 7) is -0.185. The van der Waals surface area contributed by atoms with Crippen LogP contribution >= 0.6 is 11.6 Å². The fraction of sp³-hybridized carbons (Fsp3) is 1.00. The molecule has 1 atom stereocenters. The molecule has 0 radical (unpaired) electrons. The molecule has 0 aliphatic rings. The Bertz CT molecular complexity index is 234. The molecule has 0 rings (SSSR count). The van der Waals surface area contributed by atoms with Crippen molar-refractivity contribution in [2.24, 2.45) is 0 Å². The van der Waals surface area contributed by atoms with E-state index in [1.165, 1.54) is 7.11 Å². The van der Waals surface area contributed by atoms with Crippen LogP contribution in [0.3, 0.4) is 0 Å². The summed E-state index contributed by atoms with van der Waals surface area (Å²) in [5.41, 5.74) is 0. The molecule has 1 N–H and O–H groups in total. The minimum atomic E-state index is -4.53. The standard InChI is InChI=1S/C5H10ClF2NO3S/c1-12-3-4(6)2-9-13(10,11)5(7)8/h4-5,9H,2-3H2,1H3. The molecule has 0 saturated heterocycles. The molecular weight excluding hydrogens is 228 g/mol. The minimum absolute atomic E-state index is 0.0906. The van der Waals surface area contributed by atoms with E-state index in [0.29, 0.717) is 0 Å². The predicted molar refractivity (Wildman–Crippen MR) is 44.4 cm³/mol. The Kier molecular flexibility index (Phi) is 5.70. The third kappa shape index (κ3) is 5.35. The van der Waals surface area contributed by atoms with Crippen LogP contribution in [0.2, 0.25) is 0 Å². The summed E-state index contributed by atoms with van der Waals surface area (Å²) in [5.74, 6) is -3.43. The van der Waals surface area contributed by atoms with Crippen molar-refractivity contribution in [3.63, 3.8) is 0 Å². The first-order chi connectivity index (χ1) is 5.90. The van der Waals surface area contributed by atoms with Gasteiger partial charge < -0.3 is 4.74 Å². The average molecular weight is 238 g/mol. The molecule has 0 aromatic heterocycles. The molecule has 13 heavy (non-hydrogen) atoms. The second-order valence-corrected chi connectivity index (χ2v) is 4.56. The Labute approximate surface area is 80.3 Å². The van der Waals surface area contributed by atoms with Crippen LogP contribution in [0.25, 0.3) is 0 Å². The molecular formula is C5H10ClF2NO3S. The zero-order chi connectivity index (χ0) is 10.5. The van der Waals surface area contributed by atoms with Crippen LogP contribution in [0.4, 0.5) is 8.78 Å². The quantitative estimate of drug-likeness (QED) is 0.680. The normalized spacial score (nSPS) is 14.8. The van der Waals surface area contributed by atoms with E-state index in [1.807, 2.05) is 0 Å². The molecule has 80 valence electrons. The maximum atomic E-state index is 11.7. The maximum Gasteiger partial charge on any atom is 0.350 e. The van der Waals surface area contributed by atoms with Crippen LogP contribution < -0.4 is 4.72 Å². The van der Waals surface area contributed by atoms with Gasteiger partial charge in [0.2, 0.25) is 0 Å². The summed E-state index contributed by atoms with van der Waals surface area (Å²) >= 11 is 5.49. The van der Waals surface area contributed by atoms with Crippen molar-refractivity contribution >= 4 is 21.6 Å². The first-order valence-electron chi connectivity index (χ1n) is 3.29. The van der Waals surface area contributed by atoms with Gasteiger partial charge in [0, 0.05) is 13.7 Å². The summed E-state index contributed by atoms with van der Waals surface area (Å²) in [4.78, 5) is 0. The molecule has 1 unspecified atom stereocenters. The highest BCUT2D eigenvalue weighted by molar-refractivity contribution is 7.89. The summed E-state index contributed by atoms with van der Waals surface area (Å²) in [5, 5.41) is -0.654. The number of alkyl halides is 3. The summed E-state index contributed by atoms with van der Waals surface area (Å²) < 4.78 is 50.6. The molecule has 4 nitrogen and oxygen atoms in total. The van der Waals surface area contributed by atoms with Crippen molar-refractivity contribution in [1.82, 2.24) is 4.72 Å². The van der Waals surface area contributed by atoms with Crippen molar-refractivity contribution in [2.45, 2.75) is 11.1 Å². The van der Waals surface area contributed by atoms with Crippen molar-refractivity contribution in [3.8, 4) is 0 Å². The number of ether oxygens (including phenoxy) is 1. The molecule has 0 aromatic carbocycles. The van der Waals surface area contributed by atoms with Gasteiger partial charge in [-0.05, 0) is 0 Å². The van der Waals surface area contributed by atoms with Gasteiger partial charge >= 0.3 is 5.76 Å². The van der Waals surface area contributed by atoms with Crippen LogP contribution in [0.1, 0.15) is 0 Å². The minimum Gasteiger partial charge on any atom is -0.383 e. The smallest absolute Gasteiger partial charge is 0.350 e. The van der Waals surface area contributed by atoms with E-state index < -0.39 is 21.2 Å². The Hall–Kier alpha value is 0.0200. The van der Waals surface area contributed by atoms with E-state index >= 15 is 0 Å². The SMILES string of the molecule is COCC(Cl)CNS(=O)(=O)C(F)F. The number of sulfonamides is 1. The topological polar surface area (TPSA) is 55.4 Å². The number of hydrogen-bond acceptors (Lipinski definition) is 3. The number of halogens is 3. The second-order valence-electron chi connectivity index (χ2n) is 2.21. The Morgan fingerprint density at radius 3 is 2.46 bits per heavy atom. The maximum absolute atomic E-state index is 11.7. The van der Waals surface area contributed by atoms with Crippen molar-refractivity contribution in [3.05, 3.63) is 0 Å². The number of methoxy groups -OCH3 is 1. The number of hydrogen-bond donors (Lipinski definition) is 1. The molecule has 0 heterocycles. The van der Waals surface area contributed by atoms with Crippen LogP contribution in [0, 0.1) is 0 Å². The van der Waals surface area contributed by atoms with Gasteiger partial charge in [0.05, 0.1) is 12.0 Å². The molecule has 0 aliphatic heterocycles. The van der Waals surface area contributed by atoms with Crippen LogP contribution in [0.5, 0.6) is 0 Å². The molecule has 0 aromatic rings. The van der Waals surface area contributed by atoms with Crippen molar-refractivity contribution in [1.29, 1.82) is 0 Å². The Balaban J connectivity index is 3.89. The van der Waals surface area contributed by atoms with Gasteiger partial charge in [0.15, 0.2) is 0 Å². The average Bonchev–Trinajstić information content (AvgIpc) is 2.01. The molecule has 0 bridgehead atoms. The zero-order valence-electron chi connectivity index (χ0n) is 6.84. The molecule has 0 fully saturated rings. The monoisotopic (exact) mass is 237 g/mol. The van der Waals surface area contributed by atoms with Crippen molar-refractivity contribution < 1.29 is 21.9 Å². The van der Waals surface area contributed by atoms with Crippen molar-refractivity contribution in [2.75, 3.05) is 20.3 Å². The van der Waals surface area contributed by atoms with Crippen LogP contribution in [-0.2, 0) is 14.8 Å². The molecule has 0 aliphatic carbocycles. The summed E-state index contributed by atoms with van der Waals surface area (Å²) in [7, 11) is -3.16. The van der Waals surface area contributed by atoms with E-state index in [0.717, 1.165) is 0 Å². The third-order valence-electron chi connectivity index (χ3n) is 1.09. The highest BCUT2D eigenvalue weighted by Gasteiger charge is 2.23. The predicted octanol–water partition coefficient (Wildman–Crippen LogP) is 0.382. The molecule has 0 amide bonds. The van der Waals surface area contributed by atoms with Gasteiger partial charge in [-0.2, -0.15) is 8.78 Å². The summed E-state index contributed by atoms with van der Waals surface area (Å²) in [6, 6.07) is 0. The van der Waals surface area contributed by atoms with E-state index in [4.69, 9.17) is 11.6 Å². The van der Waals surface area contributed by atoms with Crippen LogP contribution in [0.15, 0.2) is 0 Å². The second kappa shape index (κ2) is 5.69. The highest BCUT2D eigenvalue weighted by atomic mass is 35.5. The van der Waals surface area contributed by atoms with E-state index in [-0.39, 0.29) is 13.2 Å². The van der Waals surface area contributed by atoms with Gasteiger partial charge in [-0.15, -0.1) is 11.6 Å². The first kappa shape index (κ1) is 13.0. The van der Waals surface area contributed by atoms with E-state index in [2.05, 4.69) is 4.74 Å². The molecule has 0 saturated carbocycles. The van der Waals surface area contributed by atoms with Gasteiger partial charge in [-0.1, -0.05) is 0 Å². The van der Waals surface area contributed by atoms with Crippen LogP contribution in [-0.4, -0.2) is 39.8 Å².